The Labute approximate surface area is 119 Å². The van der Waals surface area contributed by atoms with Crippen molar-refractivity contribution in [3.8, 4) is 5.75 Å². The third-order valence-corrected chi connectivity index (χ3v) is 2.58. The number of rotatable bonds is 6. The van der Waals surface area contributed by atoms with E-state index in [1.54, 1.807) is 30.3 Å². The monoisotopic (exact) mass is 289 g/mol. The van der Waals surface area contributed by atoms with Gasteiger partial charge in [0.05, 0.1) is 5.56 Å². The largest absolute Gasteiger partial charge is 0.486 e. The molecular formula is C14H13N2O5+. The fourth-order valence-corrected chi connectivity index (χ4v) is 1.57. The maximum absolute atomic E-state index is 10.7. The second-order valence-corrected chi connectivity index (χ2v) is 3.98. The topological polar surface area (TPSA) is 118 Å². The van der Waals surface area contributed by atoms with Crippen LogP contribution in [0.5, 0.6) is 5.75 Å². The van der Waals surface area contributed by atoms with E-state index in [1.165, 1.54) is 6.07 Å². The molecule has 2 aromatic rings. The van der Waals surface area contributed by atoms with E-state index in [0.717, 1.165) is 6.40 Å². The molecule has 21 heavy (non-hydrogen) atoms. The van der Waals surface area contributed by atoms with Crippen molar-refractivity contribution in [2.45, 2.75) is 6.61 Å². The summed E-state index contributed by atoms with van der Waals surface area (Å²) in [6, 6.07) is 9.63. The highest BCUT2D eigenvalue weighted by Crippen LogP contribution is 2.15. The number of hydrogen-bond donors (Lipinski definition) is 3. The summed E-state index contributed by atoms with van der Waals surface area (Å²) >= 11 is 0. The summed E-state index contributed by atoms with van der Waals surface area (Å²) in [5, 5.41) is 21.1. The van der Waals surface area contributed by atoms with E-state index in [1.807, 2.05) is 0 Å². The van der Waals surface area contributed by atoms with Gasteiger partial charge in [0, 0.05) is 0 Å². The van der Waals surface area contributed by atoms with Gasteiger partial charge in [-0.05, 0) is 36.4 Å². The maximum Gasteiger partial charge on any atom is 0.372 e. The summed E-state index contributed by atoms with van der Waals surface area (Å²) in [4.78, 5) is 10.7. The predicted molar refractivity (Wildman–Crippen MR) is 72.3 cm³/mol. The minimum atomic E-state index is -1.12. The zero-order chi connectivity index (χ0) is 15.2. The molecule has 2 rings (SSSR count). The van der Waals surface area contributed by atoms with Crippen LogP contribution in [0.4, 0.5) is 0 Å². The van der Waals surface area contributed by atoms with Crippen LogP contribution >= 0.6 is 0 Å². The molecule has 4 N–H and O–H groups in total. The molecule has 0 bridgehead atoms. The molecule has 0 unspecified atom stereocenters. The third-order valence-electron chi connectivity index (χ3n) is 2.58. The number of ether oxygens (including phenoxy) is 2. The van der Waals surface area contributed by atoms with Crippen molar-refractivity contribution >= 4 is 18.3 Å². The minimum absolute atomic E-state index is 0.114. The summed E-state index contributed by atoms with van der Waals surface area (Å²) in [5.41, 5.74) is 0.622. The number of nitrogens with one attached hydrogen (secondary N) is 1. The fraction of sp³-hybridized carbons (Fsp3) is 0.0714. The zero-order valence-corrected chi connectivity index (χ0v) is 10.9. The first-order valence-corrected chi connectivity index (χ1v) is 5.93. The Hall–Kier alpha value is -3.09. The Morgan fingerprint density at radius 1 is 1.29 bits per heavy atom. The average molecular weight is 289 g/mol. The number of benzene rings is 1. The Balaban J connectivity index is 1.95. The van der Waals surface area contributed by atoms with Crippen molar-refractivity contribution in [1.29, 1.82) is 5.41 Å². The highest BCUT2D eigenvalue weighted by molar-refractivity contribution is 5.93. The molecule has 0 aliphatic heterocycles. The Kier molecular flexibility index (Phi) is 4.35. The summed E-state index contributed by atoms with van der Waals surface area (Å²) in [6.45, 7) is 0.114. The number of furan rings is 1. The molecule has 0 aliphatic carbocycles. The van der Waals surface area contributed by atoms with Gasteiger partial charge in [-0.15, -0.1) is 0 Å². The van der Waals surface area contributed by atoms with Crippen molar-refractivity contribution in [2.75, 3.05) is 0 Å². The van der Waals surface area contributed by atoms with Crippen LogP contribution in [0.15, 0.2) is 40.8 Å². The van der Waals surface area contributed by atoms with Crippen molar-refractivity contribution in [3.63, 3.8) is 0 Å². The van der Waals surface area contributed by atoms with Gasteiger partial charge in [0.1, 0.15) is 18.1 Å². The van der Waals surface area contributed by atoms with Gasteiger partial charge in [-0.3, -0.25) is 5.41 Å². The van der Waals surface area contributed by atoms with Crippen LogP contribution in [0.3, 0.4) is 0 Å². The summed E-state index contributed by atoms with van der Waals surface area (Å²) < 4.78 is 15.3. The van der Waals surface area contributed by atoms with Gasteiger partial charge in [-0.1, -0.05) is 0 Å². The van der Waals surface area contributed by atoms with Crippen LogP contribution < -0.4 is 10.1 Å². The Bertz CT molecular complexity index is 660. The molecule has 1 aromatic carbocycles. The van der Waals surface area contributed by atoms with E-state index in [4.69, 9.17) is 29.8 Å². The molecule has 0 atom stereocenters. The second-order valence-electron chi connectivity index (χ2n) is 3.98. The molecule has 1 aromatic heterocycles. The fourth-order valence-electron chi connectivity index (χ4n) is 1.57. The van der Waals surface area contributed by atoms with E-state index in [9.17, 15) is 4.79 Å². The van der Waals surface area contributed by atoms with Gasteiger partial charge < -0.3 is 19.0 Å². The van der Waals surface area contributed by atoms with Crippen LogP contribution in [0.1, 0.15) is 21.9 Å². The lowest BCUT2D eigenvalue weighted by atomic mass is 10.2. The normalized spacial score (nSPS) is 9.90. The smallest absolute Gasteiger partial charge is 0.372 e. The van der Waals surface area contributed by atoms with Crippen molar-refractivity contribution in [1.82, 2.24) is 0 Å². The van der Waals surface area contributed by atoms with Gasteiger partial charge in [0.25, 0.3) is 0 Å². The second kappa shape index (κ2) is 6.38. The van der Waals surface area contributed by atoms with E-state index >= 15 is 0 Å². The molecule has 0 spiro atoms. The van der Waals surface area contributed by atoms with E-state index in [0.29, 0.717) is 17.1 Å². The molecule has 108 valence electrons. The Morgan fingerprint density at radius 2 is 2.00 bits per heavy atom. The summed E-state index contributed by atoms with van der Waals surface area (Å²) in [7, 11) is 0. The van der Waals surface area contributed by atoms with Crippen LogP contribution in [0.2, 0.25) is 0 Å². The van der Waals surface area contributed by atoms with Crippen LogP contribution in [-0.4, -0.2) is 23.4 Å². The molecule has 0 fully saturated rings. The van der Waals surface area contributed by atoms with Gasteiger partial charge in [-0.2, -0.15) is 0 Å². The van der Waals surface area contributed by atoms with Gasteiger partial charge in [-0.25, -0.2) is 10.2 Å². The predicted octanol–water partition coefficient (Wildman–Crippen LogP) is 0.686. The standard InChI is InChI=1S/C14H12N2O5/c15-8-20-13(16)9-1-3-10(4-2-9)19-7-11-5-6-12(21-11)14(17)18/h1-6,8,15-16H,7H2,(H,17,18)/p+1. The molecule has 7 heteroatoms. The van der Waals surface area contributed by atoms with Crippen molar-refractivity contribution in [3.05, 3.63) is 53.5 Å². The minimum Gasteiger partial charge on any atom is -0.486 e. The lowest BCUT2D eigenvalue weighted by molar-refractivity contribution is -0.130. The number of carboxylic acids is 1. The molecule has 0 amide bonds. The molecule has 7 nitrogen and oxygen atoms in total. The number of aromatic carboxylic acids is 1. The first-order valence-electron chi connectivity index (χ1n) is 5.93. The molecule has 0 saturated carbocycles. The SMILES string of the molecule is N=COC(=[NH2+])c1ccc(OCc2ccc(C(=O)O)o2)cc1. The third kappa shape index (κ3) is 3.69. The molecule has 0 radical (unpaired) electrons. The number of carbonyl (C=O) groups is 1. The van der Waals surface area contributed by atoms with E-state index in [2.05, 4.69) is 0 Å². The van der Waals surface area contributed by atoms with Crippen molar-refractivity contribution in [2.24, 2.45) is 0 Å². The average Bonchev–Trinajstić information content (AvgIpc) is 2.95. The van der Waals surface area contributed by atoms with E-state index < -0.39 is 5.97 Å². The quantitative estimate of drug-likeness (QED) is 0.534. The van der Waals surface area contributed by atoms with Gasteiger partial charge in [0.15, 0.2) is 6.40 Å². The van der Waals surface area contributed by atoms with Crippen molar-refractivity contribution < 1.29 is 29.2 Å². The van der Waals surface area contributed by atoms with Crippen LogP contribution in [0.25, 0.3) is 0 Å². The van der Waals surface area contributed by atoms with Crippen LogP contribution in [0, 0.1) is 5.41 Å². The Morgan fingerprint density at radius 3 is 2.57 bits per heavy atom. The zero-order valence-electron chi connectivity index (χ0n) is 10.9. The van der Waals surface area contributed by atoms with Crippen LogP contribution in [-0.2, 0) is 11.3 Å². The van der Waals surface area contributed by atoms with Gasteiger partial charge >= 0.3 is 11.9 Å². The molecule has 0 saturated heterocycles. The molecule has 0 aliphatic rings. The number of nitrogens with two attached hydrogens (primary N) is 1. The highest BCUT2D eigenvalue weighted by atomic mass is 16.5. The number of hydrogen-bond acceptors (Lipinski definition) is 5. The number of carboxylic acid groups (broad SMARTS) is 1. The maximum atomic E-state index is 10.7. The molecule has 1 heterocycles. The first kappa shape index (κ1) is 14.3. The van der Waals surface area contributed by atoms with E-state index in [-0.39, 0.29) is 18.3 Å². The summed E-state index contributed by atoms with van der Waals surface area (Å²) in [6.07, 6.45) is 0.747. The first-order chi connectivity index (χ1) is 10.1. The highest BCUT2D eigenvalue weighted by Gasteiger charge is 2.10. The molecular weight excluding hydrogens is 276 g/mol. The van der Waals surface area contributed by atoms with Gasteiger partial charge in [0.2, 0.25) is 5.76 Å². The lowest BCUT2D eigenvalue weighted by Crippen LogP contribution is -2.41. The lowest BCUT2D eigenvalue weighted by Gasteiger charge is -2.04. The summed E-state index contributed by atoms with van der Waals surface area (Å²) in [5.74, 6) is -0.156.